The SMILES string of the molecule is C=C=Cc1ccc2cc[nH]c2c1. The van der Waals surface area contributed by atoms with E-state index in [0.29, 0.717) is 0 Å². The van der Waals surface area contributed by atoms with Crippen LogP contribution in [0.5, 0.6) is 0 Å². The quantitative estimate of drug-likeness (QED) is 0.609. The molecule has 1 heteroatoms. The zero-order valence-corrected chi connectivity index (χ0v) is 6.67. The summed E-state index contributed by atoms with van der Waals surface area (Å²) >= 11 is 0. The number of benzene rings is 1. The molecular formula is C11H9N. The highest BCUT2D eigenvalue weighted by Crippen LogP contribution is 2.14. The number of aromatic nitrogens is 1. The first-order valence-electron chi connectivity index (χ1n) is 3.83. The Hall–Kier alpha value is -1.72. The van der Waals surface area contributed by atoms with Crippen LogP contribution < -0.4 is 0 Å². The third kappa shape index (κ3) is 1.07. The van der Waals surface area contributed by atoms with Gasteiger partial charge in [-0.25, -0.2) is 0 Å². The molecule has 0 unspecified atom stereocenters. The van der Waals surface area contributed by atoms with Crippen molar-refractivity contribution >= 4 is 17.0 Å². The molecule has 0 aliphatic carbocycles. The fourth-order valence-corrected chi connectivity index (χ4v) is 1.27. The van der Waals surface area contributed by atoms with E-state index < -0.39 is 0 Å². The Labute approximate surface area is 71.0 Å². The van der Waals surface area contributed by atoms with Crippen LogP contribution in [-0.2, 0) is 0 Å². The van der Waals surface area contributed by atoms with E-state index in [1.165, 1.54) is 5.39 Å². The van der Waals surface area contributed by atoms with Gasteiger partial charge in [0.1, 0.15) is 0 Å². The lowest BCUT2D eigenvalue weighted by molar-refractivity contribution is 1.47. The maximum Gasteiger partial charge on any atom is 0.0460 e. The second-order valence-electron chi connectivity index (χ2n) is 2.67. The number of hydrogen-bond acceptors (Lipinski definition) is 0. The zero-order valence-electron chi connectivity index (χ0n) is 6.67. The van der Waals surface area contributed by atoms with Crippen molar-refractivity contribution in [3.8, 4) is 0 Å². The Morgan fingerprint density at radius 3 is 3.08 bits per heavy atom. The van der Waals surface area contributed by atoms with E-state index in [-0.39, 0.29) is 0 Å². The number of nitrogens with one attached hydrogen (secondary N) is 1. The Bertz CT molecular complexity index is 445. The van der Waals surface area contributed by atoms with Crippen LogP contribution in [0.25, 0.3) is 17.0 Å². The monoisotopic (exact) mass is 155 g/mol. The number of hydrogen-bond donors (Lipinski definition) is 1. The number of rotatable bonds is 1. The van der Waals surface area contributed by atoms with Crippen molar-refractivity contribution in [2.24, 2.45) is 0 Å². The average Bonchev–Trinajstić information content (AvgIpc) is 2.51. The lowest BCUT2D eigenvalue weighted by atomic mass is 10.1. The van der Waals surface area contributed by atoms with Gasteiger partial charge in [-0.15, -0.1) is 5.73 Å². The topological polar surface area (TPSA) is 15.8 Å². The van der Waals surface area contributed by atoms with Crippen molar-refractivity contribution in [3.05, 3.63) is 48.3 Å². The van der Waals surface area contributed by atoms with Crippen LogP contribution in [0.4, 0.5) is 0 Å². The van der Waals surface area contributed by atoms with E-state index in [2.05, 4.69) is 35.5 Å². The summed E-state index contributed by atoms with van der Waals surface area (Å²) in [7, 11) is 0. The molecule has 1 aromatic heterocycles. The Morgan fingerprint density at radius 1 is 1.33 bits per heavy atom. The summed E-state index contributed by atoms with van der Waals surface area (Å²) in [5, 5.41) is 1.23. The predicted molar refractivity (Wildman–Crippen MR) is 51.9 cm³/mol. The van der Waals surface area contributed by atoms with Crippen molar-refractivity contribution in [2.75, 3.05) is 0 Å². The van der Waals surface area contributed by atoms with Crippen LogP contribution in [0.2, 0.25) is 0 Å². The minimum atomic E-state index is 1.12. The molecule has 0 radical (unpaired) electrons. The normalized spacial score (nSPS) is 9.67. The molecule has 1 N–H and O–H groups in total. The molecule has 0 saturated carbocycles. The van der Waals surface area contributed by atoms with Gasteiger partial charge in [0, 0.05) is 11.7 Å². The Morgan fingerprint density at radius 2 is 2.25 bits per heavy atom. The van der Waals surface area contributed by atoms with Crippen LogP contribution in [0, 0.1) is 0 Å². The smallest absolute Gasteiger partial charge is 0.0460 e. The molecule has 0 aliphatic heterocycles. The Balaban J connectivity index is 2.67. The molecule has 0 saturated heterocycles. The largest absolute Gasteiger partial charge is 0.361 e. The van der Waals surface area contributed by atoms with E-state index in [1.807, 2.05) is 18.3 Å². The first-order valence-corrected chi connectivity index (χ1v) is 3.83. The molecule has 0 atom stereocenters. The van der Waals surface area contributed by atoms with E-state index >= 15 is 0 Å². The second-order valence-corrected chi connectivity index (χ2v) is 2.67. The summed E-state index contributed by atoms with van der Waals surface area (Å²) in [6.45, 7) is 3.53. The summed E-state index contributed by atoms with van der Waals surface area (Å²) in [6.07, 6.45) is 3.80. The molecule has 1 aromatic carbocycles. The predicted octanol–water partition coefficient (Wildman–Crippen LogP) is 2.97. The lowest BCUT2D eigenvalue weighted by Crippen LogP contribution is -1.71. The van der Waals surface area contributed by atoms with Crippen molar-refractivity contribution < 1.29 is 0 Å². The van der Waals surface area contributed by atoms with Crippen LogP contribution in [0.1, 0.15) is 5.56 Å². The van der Waals surface area contributed by atoms with E-state index in [0.717, 1.165) is 11.1 Å². The van der Waals surface area contributed by atoms with Crippen LogP contribution >= 0.6 is 0 Å². The van der Waals surface area contributed by atoms with Gasteiger partial charge < -0.3 is 4.98 Å². The van der Waals surface area contributed by atoms with Crippen molar-refractivity contribution in [1.29, 1.82) is 0 Å². The van der Waals surface area contributed by atoms with Crippen LogP contribution in [0.3, 0.4) is 0 Å². The molecule has 0 spiro atoms. The summed E-state index contributed by atoms with van der Waals surface area (Å²) in [5.74, 6) is 0. The summed E-state index contributed by atoms with van der Waals surface area (Å²) < 4.78 is 0. The number of H-pyrrole nitrogens is 1. The van der Waals surface area contributed by atoms with Crippen molar-refractivity contribution in [1.82, 2.24) is 4.98 Å². The molecule has 0 bridgehead atoms. The van der Waals surface area contributed by atoms with Crippen LogP contribution in [0.15, 0.2) is 42.8 Å². The minimum Gasteiger partial charge on any atom is -0.361 e. The highest BCUT2D eigenvalue weighted by Gasteiger charge is 1.92. The first-order chi connectivity index (χ1) is 5.90. The maximum absolute atomic E-state index is 3.53. The molecule has 2 aromatic rings. The third-order valence-corrected chi connectivity index (χ3v) is 1.85. The molecular weight excluding hydrogens is 146 g/mol. The average molecular weight is 155 g/mol. The Kier molecular flexibility index (Phi) is 1.58. The van der Waals surface area contributed by atoms with Crippen molar-refractivity contribution in [3.63, 3.8) is 0 Å². The highest BCUT2D eigenvalue weighted by molar-refractivity contribution is 5.81. The van der Waals surface area contributed by atoms with Gasteiger partial charge in [0.15, 0.2) is 0 Å². The molecule has 0 amide bonds. The van der Waals surface area contributed by atoms with E-state index in [4.69, 9.17) is 0 Å². The maximum atomic E-state index is 3.53. The van der Waals surface area contributed by atoms with Gasteiger partial charge in [-0.05, 0) is 29.2 Å². The second kappa shape index (κ2) is 2.72. The third-order valence-electron chi connectivity index (χ3n) is 1.85. The van der Waals surface area contributed by atoms with E-state index in [1.54, 1.807) is 0 Å². The molecule has 58 valence electrons. The van der Waals surface area contributed by atoms with Gasteiger partial charge >= 0.3 is 0 Å². The lowest BCUT2D eigenvalue weighted by Gasteiger charge is -1.91. The molecule has 1 nitrogen and oxygen atoms in total. The standard InChI is InChI=1S/C11H9N/c1-2-3-9-4-5-10-6-7-12-11(10)8-9/h3-8,12H,1H2. The summed E-state index contributed by atoms with van der Waals surface area (Å²) in [5.41, 5.74) is 5.03. The van der Waals surface area contributed by atoms with Gasteiger partial charge in [-0.1, -0.05) is 18.7 Å². The van der Waals surface area contributed by atoms with Gasteiger partial charge in [-0.2, -0.15) is 0 Å². The molecule has 1 heterocycles. The first kappa shape index (κ1) is 6.96. The van der Waals surface area contributed by atoms with Crippen LogP contribution in [-0.4, -0.2) is 4.98 Å². The van der Waals surface area contributed by atoms with Gasteiger partial charge in [0.25, 0.3) is 0 Å². The zero-order chi connectivity index (χ0) is 8.39. The fraction of sp³-hybridized carbons (Fsp3) is 0. The fourth-order valence-electron chi connectivity index (χ4n) is 1.27. The number of aromatic amines is 1. The van der Waals surface area contributed by atoms with Crippen molar-refractivity contribution in [2.45, 2.75) is 0 Å². The van der Waals surface area contributed by atoms with Gasteiger partial charge in [0.05, 0.1) is 0 Å². The minimum absolute atomic E-state index is 1.12. The summed E-state index contributed by atoms with van der Waals surface area (Å²) in [4.78, 5) is 3.15. The molecule has 0 aliphatic rings. The highest BCUT2D eigenvalue weighted by atomic mass is 14.7. The summed E-state index contributed by atoms with van der Waals surface area (Å²) in [6, 6.07) is 8.26. The molecule has 2 rings (SSSR count). The van der Waals surface area contributed by atoms with E-state index in [9.17, 15) is 0 Å². The van der Waals surface area contributed by atoms with Gasteiger partial charge in [0.2, 0.25) is 0 Å². The van der Waals surface area contributed by atoms with Gasteiger partial charge in [-0.3, -0.25) is 0 Å². The molecule has 0 fully saturated rings. The number of fused-ring (bicyclic) bond motifs is 1. The molecule has 12 heavy (non-hydrogen) atoms.